The number of rotatable bonds is 13. The first kappa shape index (κ1) is 32.7. The van der Waals surface area contributed by atoms with Crippen LogP contribution in [0, 0.1) is 20.8 Å². The number of nitrogens with one attached hydrogen (secondary N) is 1. The molecule has 3 rings (SSSR count). The van der Waals surface area contributed by atoms with Crippen LogP contribution in [-0.4, -0.2) is 50.9 Å². The zero-order chi connectivity index (χ0) is 31.0. The molecule has 0 saturated heterocycles. The lowest BCUT2D eigenvalue weighted by Crippen LogP contribution is -2.53. The summed E-state index contributed by atoms with van der Waals surface area (Å²) >= 11 is 0. The van der Waals surface area contributed by atoms with E-state index in [0.717, 1.165) is 33.0 Å². The number of nitrogens with zero attached hydrogens (tertiary/aromatic N) is 2. The van der Waals surface area contributed by atoms with Gasteiger partial charge in [0.1, 0.15) is 18.3 Å². The third-order valence-corrected chi connectivity index (χ3v) is 9.25. The molecule has 0 radical (unpaired) electrons. The van der Waals surface area contributed by atoms with Crippen LogP contribution in [0.1, 0.15) is 55.9 Å². The van der Waals surface area contributed by atoms with Gasteiger partial charge in [-0.05, 0) is 81.5 Å². The Kier molecular flexibility index (Phi) is 11.2. The van der Waals surface area contributed by atoms with Crippen LogP contribution in [-0.2, 0) is 26.2 Å². The van der Waals surface area contributed by atoms with E-state index in [0.29, 0.717) is 12.2 Å². The van der Waals surface area contributed by atoms with Gasteiger partial charge in [0.05, 0.1) is 17.7 Å². The second kappa shape index (κ2) is 14.4. The van der Waals surface area contributed by atoms with Gasteiger partial charge in [-0.25, -0.2) is 8.42 Å². The van der Waals surface area contributed by atoms with E-state index in [4.69, 9.17) is 4.74 Å². The van der Waals surface area contributed by atoms with E-state index in [1.807, 2.05) is 71.9 Å². The SMILES string of the molecule is CC[C@@H](C)NC(=O)[C@@H](CC)N(Cc1ccccc1C)C(=O)CN(c1cc(C)ccc1OC)S(=O)(=O)c1ccc(C)cc1. The molecule has 0 aliphatic carbocycles. The number of ether oxygens (including phenoxy) is 1. The molecule has 8 nitrogen and oxygen atoms in total. The Morgan fingerprint density at radius 1 is 0.905 bits per heavy atom. The summed E-state index contributed by atoms with van der Waals surface area (Å²) in [6, 6.07) is 18.5. The fourth-order valence-electron chi connectivity index (χ4n) is 4.68. The molecular weight excluding hydrogens is 550 g/mol. The largest absolute Gasteiger partial charge is 0.495 e. The van der Waals surface area contributed by atoms with Crippen molar-refractivity contribution in [2.45, 2.75) is 77.9 Å². The maximum Gasteiger partial charge on any atom is 0.264 e. The van der Waals surface area contributed by atoms with Gasteiger partial charge in [-0.15, -0.1) is 0 Å². The molecule has 0 fully saturated rings. The fraction of sp³-hybridized carbons (Fsp3) is 0.394. The van der Waals surface area contributed by atoms with Gasteiger partial charge in [-0.3, -0.25) is 13.9 Å². The second-order valence-electron chi connectivity index (χ2n) is 10.7. The Labute approximate surface area is 250 Å². The molecule has 0 aliphatic heterocycles. The minimum Gasteiger partial charge on any atom is -0.495 e. The van der Waals surface area contributed by atoms with Crippen molar-refractivity contribution in [2.24, 2.45) is 0 Å². The number of sulfonamides is 1. The lowest BCUT2D eigenvalue weighted by Gasteiger charge is -2.34. The van der Waals surface area contributed by atoms with Crippen LogP contribution >= 0.6 is 0 Å². The highest BCUT2D eigenvalue weighted by Gasteiger charge is 2.35. The molecule has 3 aromatic carbocycles. The fourth-order valence-corrected chi connectivity index (χ4v) is 6.09. The van der Waals surface area contributed by atoms with Gasteiger partial charge in [0.2, 0.25) is 11.8 Å². The van der Waals surface area contributed by atoms with E-state index in [9.17, 15) is 18.0 Å². The zero-order valence-corrected chi connectivity index (χ0v) is 26.5. The minimum atomic E-state index is -4.20. The van der Waals surface area contributed by atoms with Gasteiger partial charge >= 0.3 is 0 Å². The van der Waals surface area contributed by atoms with Crippen LogP contribution < -0.4 is 14.4 Å². The second-order valence-corrected chi connectivity index (χ2v) is 12.6. The average Bonchev–Trinajstić information content (AvgIpc) is 2.96. The molecule has 0 aliphatic rings. The van der Waals surface area contributed by atoms with Crippen molar-refractivity contribution in [1.29, 1.82) is 0 Å². The van der Waals surface area contributed by atoms with Crippen LogP contribution in [0.25, 0.3) is 0 Å². The molecule has 226 valence electrons. The standard InChI is InChI=1S/C33H43N3O5S/c1-8-26(6)34-33(38)29(9-2)35(21-27-13-11-10-12-25(27)5)32(37)22-36(30-20-24(4)16-19-31(30)41-7)42(39,40)28-17-14-23(3)15-18-28/h10-20,26,29H,8-9,21-22H2,1-7H3,(H,34,38)/t26-,29-/m1/s1. The smallest absolute Gasteiger partial charge is 0.264 e. The van der Waals surface area contributed by atoms with Crippen LogP contribution in [0.4, 0.5) is 5.69 Å². The summed E-state index contributed by atoms with van der Waals surface area (Å²) in [4.78, 5) is 29.3. The third kappa shape index (κ3) is 7.70. The van der Waals surface area contributed by atoms with Crippen molar-refractivity contribution in [3.63, 3.8) is 0 Å². The Morgan fingerprint density at radius 3 is 2.14 bits per heavy atom. The van der Waals surface area contributed by atoms with Crippen LogP contribution in [0.15, 0.2) is 71.6 Å². The molecule has 42 heavy (non-hydrogen) atoms. The van der Waals surface area contributed by atoms with Crippen molar-refractivity contribution >= 4 is 27.5 Å². The number of carbonyl (C=O) groups is 2. The Bertz CT molecular complexity index is 1490. The van der Waals surface area contributed by atoms with E-state index in [1.165, 1.54) is 24.1 Å². The number of amides is 2. The highest BCUT2D eigenvalue weighted by Crippen LogP contribution is 2.34. The van der Waals surface area contributed by atoms with Crippen molar-refractivity contribution < 1.29 is 22.7 Å². The van der Waals surface area contributed by atoms with Gasteiger partial charge in [0.15, 0.2) is 0 Å². The van der Waals surface area contributed by atoms with Gasteiger partial charge in [0.25, 0.3) is 10.0 Å². The van der Waals surface area contributed by atoms with Crippen molar-refractivity contribution in [3.05, 3.63) is 89.0 Å². The quantitative estimate of drug-likeness (QED) is 0.281. The van der Waals surface area contributed by atoms with Crippen molar-refractivity contribution in [1.82, 2.24) is 10.2 Å². The summed E-state index contributed by atoms with van der Waals surface area (Å²) in [6.45, 7) is 11.0. The molecule has 0 aromatic heterocycles. The molecular formula is C33H43N3O5S. The molecule has 0 spiro atoms. The van der Waals surface area contributed by atoms with E-state index in [-0.39, 0.29) is 29.1 Å². The van der Waals surface area contributed by atoms with E-state index in [1.54, 1.807) is 24.3 Å². The van der Waals surface area contributed by atoms with Gasteiger partial charge in [0, 0.05) is 12.6 Å². The molecule has 2 amide bonds. The lowest BCUT2D eigenvalue weighted by molar-refractivity contribution is -0.140. The maximum atomic E-state index is 14.3. The van der Waals surface area contributed by atoms with E-state index < -0.39 is 28.5 Å². The summed E-state index contributed by atoms with van der Waals surface area (Å²) in [5, 5.41) is 3.00. The van der Waals surface area contributed by atoms with Crippen LogP contribution in [0.3, 0.4) is 0 Å². The van der Waals surface area contributed by atoms with Gasteiger partial charge < -0.3 is 15.0 Å². The zero-order valence-electron chi connectivity index (χ0n) is 25.7. The highest BCUT2D eigenvalue weighted by atomic mass is 32.2. The summed E-state index contributed by atoms with van der Waals surface area (Å²) in [7, 11) is -2.74. The van der Waals surface area contributed by atoms with Crippen molar-refractivity contribution in [2.75, 3.05) is 18.0 Å². The Hall–Kier alpha value is -3.85. The first-order chi connectivity index (χ1) is 19.9. The summed E-state index contributed by atoms with van der Waals surface area (Å²) in [5.74, 6) is -0.449. The number of methoxy groups -OCH3 is 1. The number of aryl methyl sites for hydroxylation is 3. The molecule has 0 unspecified atom stereocenters. The molecule has 0 bridgehead atoms. The Morgan fingerprint density at radius 2 is 1.55 bits per heavy atom. The topological polar surface area (TPSA) is 96.0 Å². The summed E-state index contributed by atoms with van der Waals surface area (Å²) < 4.78 is 35.0. The molecule has 3 aromatic rings. The number of carbonyl (C=O) groups excluding carboxylic acids is 2. The minimum absolute atomic E-state index is 0.0523. The first-order valence-corrected chi connectivity index (χ1v) is 15.7. The molecule has 9 heteroatoms. The Balaban J connectivity index is 2.14. The van der Waals surface area contributed by atoms with Crippen molar-refractivity contribution in [3.8, 4) is 5.75 Å². The summed E-state index contributed by atoms with van der Waals surface area (Å²) in [5.41, 5.74) is 3.81. The van der Waals surface area contributed by atoms with Gasteiger partial charge in [-0.2, -0.15) is 0 Å². The first-order valence-electron chi connectivity index (χ1n) is 14.3. The molecule has 2 atom stereocenters. The lowest BCUT2D eigenvalue weighted by atomic mass is 10.1. The predicted octanol–water partition coefficient (Wildman–Crippen LogP) is 5.54. The monoisotopic (exact) mass is 593 g/mol. The average molecular weight is 594 g/mol. The number of benzene rings is 3. The molecule has 0 saturated carbocycles. The molecule has 0 heterocycles. The van der Waals surface area contributed by atoms with Gasteiger partial charge in [-0.1, -0.05) is 61.9 Å². The summed E-state index contributed by atoms with van der Waals surface area (Å²) in [6.07, 6.45) is 1.10. The van der Waals surface area contributed by atoms with E-state index in [2.05, 4.69) is 5.32 Å². The maximum absolute atomic E-state index is 14.3. The highest BCUT2D eigenvalue weighted by molar-refractivity contribution is 7.92. The van der Waals surface area contributed by atoms with Crippen LogP contribution in [0.5, 0.6) is 5.75 Å². The number of anilines is 1. The number of hydrogen-bond donors (Lipinski definition) is 1. The van der Waals surface area contributed by atoms with E-state index >= 15 is 0 Å². The molecule has 1 N–H and O–H groups in total. The number of hydrogen-bond acceptors (Lipinski definition) is 5. The predicted molar refractivity (Wildman–Crippen MR) is 167 cm³/mol. The normalized spacial score (nSPS) is 12.7. The van der Waals surface area contributed by atoms with Crippen LogP contribution in [0.2, 0.25) is 0 Å². The third-order valence-electron chi connectivity index (χ3n) is 7.48.